The molecule has 1 aromatic carbocycles. The molecule has 2 atom stereocenters. The van der Waals surface area contributed by atoms with E-state index in [0.29, 0.717) is 0 Å². The van der Waals surface area contributed by atoms with Crippen LogP contribution in [0.5, 0.6) is 0 Å². The number of esters is 2. The fourth-order valence-electron chi connectivity index (χ4n) is 2.75. The Morgan fingerprint density at radius 2 is 1.31 bits per heavy atom. The lowest BCUT2D eigenvalue weighted by atomic mass is 10.1. The molecule has 0 spiro atoms. The van der Waals surface area contributed by atoms with Gasteiger partial charge >= 0.3 is 11.9 Å². The van der Waals surface area contributed by atoms with Gasteiger partial charge in [-0.15, -0.1) is 0 Å². The third-order valence-corrected chi connectivity index (χ3v) is 4.21. The van der Waals surface area contributed by atoms with Gasteiger partial charge in [-0.1, -0.05) is 12.1 Å². The minimum absolute atomic E-state index is 0.148. The van der Waals surface area contributed by atoms with Gasteiger partial charge in [0.25, 0.3) is 0 Å². The van der Waals surface area contributed by atoms with Crippen molar-refractivity contribution in [3.8, 4) is 0 Å². The summed E-state index contributed by atoms with van der Waals surface area (Å²) in [6.07, 6.45) is 10.2. The van der Waals surface area contributed by atoms with E-state index in [4.69, 9.17) is 18.9 Å². The van der Waals surface area contributed by atoms with Crippen molar-refractivity contribution in [3.05, 3.63) is 60.1 Å². The highest BCUT2D eigenvalue weighted by molar-refractivity contribution is 6.03. The molecule has 0 aromatic heterocycles. The van der Waals surface area contributed by atoms with E-state index in [1.54, 1.807) is 36.8 Å². The molecule has 0 fully saturated rings. The molecule has 138 valence electrons. The summed E-state index contributed by atoms with van der Waals surface area (Å²) in [6.45, 7) is 0.295. The molecule has 6 heteroatoms. The van der Waals surface area contributed by atoms with Gasteiger partial charge in [-0.05, 0) is 50.0 Å². The quantitative estimate of drug-likeness (QED) is 0.726. The number of rotatable bonds is 6. The van der Waals surface area contributed by atoms with Crippen LogP contribution in [-0.4, -0.2) is 37.4 Å². The highest BCUT2D eigenvalue weighted by Gasteiger charge is 2.22. The molecule has 0 radical (unpaired) electrons. The van der Waals surface area contributed by atoms with Crippen LogP contribution in [0, 0.1) is 0 Å². The molecule has 26 heavy (non-hydrogen) atoms. The summed E-state index contributed by atoms with van der Waals surface area (Å²) in [5.41, 5.74) is 0.376. The lowest BCUT2D eigenvalue weighted by Crippen LogP contribution is -2.24. The highest BCUT2D eigenvalue weighted by Crippen LogP contribution is 2.16. The molecule has 2 aliphatic rings. The second-order valence-corrected chi connectivity index (χ2v) is 6.16. The zero-order valence-corrected chi connectivity index (χ0v) is 14.5. The van der Waals surface area contributed by atoms with Crippen LogP contribution in [0.25, 0.3) is 0 Å². The number of allylic oxidation sites excluding steroid dienone is 2. The molecule has 0 aliphatic carbocycles. The second-order valence-electron chi connectivity index (χ2n) is 6.16. The van der Waals surface area contributed by atoms with Crippen molar-refractivity contribution in [2.75, 3.05) is 13.2 Å². The topological polar surface area (TPSA) is 71.1 Å². The third-order valence-electron chi connectivity index (χ3n) is 4.21. The molecule has 0 saturated heterocycles. The largest absolute Gasteiger partial charge is 0.495 e. The average molecular weight is 358 g/mol. The fraction of sp³-hybridized carbons (Fsp3) is 0.400. The van der Waals surface area contributed by atoms with Crippen molar-refractivity contribution in [1.82, 2.24) is 0 Å². The Kier molecular flexibility index (Phi) is 6.30. The lowest BCUT2D eigenvalue weighted by molar-refractivity contribution is 0.0132. The Morgan fingerprint density at radius 1 is 0.846 bits per heavy atom. The summed E-state index contributed by atoms with van der Waals surface area (Å²) >= 11 is 0. The maximum Gasteiger partial charge on any atom is 0.339 e. The van der Waals surface area contributed by atoms with Gasteiger partial charge in [0.05, 0.1) is 23.7 Å². The number of benzene rings is 1. The van der Waals surface area contributed by atoms with Gasteiger partial charge in [0.2, 0.25) is 0 Å². The molecule has 0 saturated carbocycles. The maximum atomic E-state index is 12.4. The molecular weight excluding hydrogens is 336 g/mol. The molecule has 0 bridgehead atoms. The zero-order chi connectivity index (χ0) is 18.2. The average Bonchev–Trinajstić information content (AvgIpc) is 2.72. The fourth-order valence-corrected chi connectivity index (χ4v) is 2.75. The Bertz CT molecular complexity index is 634. The van der Waals surface area contributed by atoms with Gasteiger partial charge in [-0.2, -0.15) is 0 Å². The van der Waals surface area contributed by atoms with E-state index in [2.05, 4.69) is 0 Å². The van der Waals surface area contributed by atoms with Gasteiger partial charge in [-0.25, -0.2) is 9.59 Å². The monoisotopic (exact) mass is 358 g/mol. The lowest BCUT2D eigenvalue weighted by Gasteiger charge is -2.20. The summed E-state index contributed by atoms with van der Waals surface area (Å²) < 4.78 is 21.4. The van der Waals surface area contributed by atoms with Crippen LogP contribution in [0.2, 0.25) is 0 Å². The summed E-state index contributed by atoms with van der Waals surface area (Å²) in [7, 11) is 0. The van der Waals surface area contributed by atoms with E-state index in [9.17, 15) is 9.59 Å². The number of carbonyl (C=O) groups is 2. The SMILES string of the molecule is O=C(OCC1CCC=CO1)c1ccccc1C(=O)OCC1CCC=CO1. The molecule has 2 aliphatic heterocycles. The molecule has 1 aromatic rings. The predicted molar refractivity (Wildman–Crippen MR) is 93.5 cm³/mol. The Hall–Kier alpha value is -2.76. The van der Waals surface area contributed by atoms with Crippen LogP contribution < -0.4 is 0 Å². The number of ether oxygens (including phenoxy) is 4. The molecule has 3 rings (SSSR count). The van der Waals surface area contributed by atoms with Crippen LogP contribution in [-0.2, 0) is 18.9 Å². The Labute approximate surface area is 152 Å². The number of hydrogen-bond donors (Lipinski definition) is 0. The first-order valence-corrected chi connectivity index (χ1v) is 8.78. The van der Waals surface area contributed by atoms with Crippen LogP contribution >= 0.6 is 0 Å². The minimum Gasteiger partial charge on any atom is -0.495 e. The first kappa shape index (κ1) is 18.0. The molecule has 6 nitrogen and oxygen atoms in total. The molecule has 0 amide bonds. The minimum atomic E-state index is -0.562. The van der Waals surface area contributed by atoms with Crippen LogP contribution in [0.4, 0.5) is 0 Å². The van der Waals surface area contributed by atoms with Gasteiger partial charge < -0.3 is 18.9 Å². The molecule has 2 heterocycles. The van der Waals surface area contributed by atoms with E-state index in [1.807, 2.05) is 12.2 Å². The summed E-state index contributed by atoms with van der Waals surface area (Å²) in [4.78, 5) is 24.8. The van der Waals surface area contributed by atoms with Crippen molar-refractivity contribution in [1.29, 1.82) is 0 Å². The Morgan fingerprint density at radius 3 is 1.69 bits per heavy atom. The van der Waals surface area contributed by atoms with E-state index in [-0.39, 0.29) is 36.5 Å². The van der Waals surface area contributed by atoms with Crippen molar-refractivity contribution >= 4 is 11.9 Å². The van der Waals surface area contributed by atoms with E-state index < -0.39 is 11.9 Å². The van der Waals surface area contributed by atoms with Crippen LogP contribution in [0.15, 0.2) is 48.9 Å². The molecule has 0 N–H and O–H groups in total. The van der Waals surface area contributed by atoms with E-state index in [1.165, 1.54) is 0 Å². The van der Waals surface area contributed by atoms with E-state index >= 15 is 0 Å². The van der Waals surface area contributed by atoms with Crippen LogP contribution in [0.1, 0.15) is 46.4 Å². The van der Waals surface area contributed by atoms with Gasteiger partial charge in [-0.3, -0.25) is 0 Å². The molecular formula is C20H22O6. The standard InChI is InChI=1S/C20H22O6/c21-19(25-13-15-7-3-5-11-23-15)17-9-1-2-10-18(17)20(22)26-14-16-8-4-6-12-24-16/h1-2,5-6,9-12,15-16H,3-4,7-8,13-14H2. The highest BCUT2D eigenvalue weighted by atomic mass is 16.6. The number of hydrogen-bond acceptors (Lipinski definition) is 6. The van der Waals surface area contributed by atoms with Gasteiger partial charge in [0, 0.05) is 0 Å². The predicted octanol–water partition coefficient (Wildman–Crippen LogP) is 3.39. The maximum absolute atomic E-state index is 12.4. The van der Waals surface area contributed by atoms with Gasteiger partial charge in [0.1, 0.15) is 25.4 Å². The van der Waals surface area contributed by atoms with Crippen molar-refractivity contribution in [3.63, 3.8) is 0 Å². The van der Waals surface area contributed by atoms with Crippen molar-refractivity contribution < 1.29 is 28.5 Å². The summed E-state index contributed by atoms with van der Waals surface area (Å²) in [5.74, 6) is -1.12. The smallest absolute Gasteiger partial charge is 0.339 e. The third kappa shape index (κ3) is 4.88. The second kappa shape index (κ2) is 9.08. The molecule has 2 unspecified atom stereocenters. The van der Waals surface area contributed by atoms with E-state index in [0.717, 1.165) is 25.7 Å². The Balaban J connectivity index is 1.57. The summed E-state index contributed by atoms with van der Waals surface area (Å²) in [5, 5.41) is 0. The first-order chi connectivity index (χ1) is 12.7. The van der Waals surface area contributed by atoms with Crippen molar-refractivity contribution in [2.24, 2.45) is 0 Å². The first-order valence-electron chi connectivity index (χ1n) is 8.78. The number of carbonyl (C=O) groups excluding carboxylic acids is 2. The van der Waals surface area contributed by atoms with Crippen molar-refractivity contribution in [2.45, 2.75) is 37.9 Å². The zero-order valence-electron chi connectivity index (χ0n) is 14.5. The van der Waals surface area contributed by atoms with Crippen LogP contribution in [0.3, 0.4) is 0 Å². The van der Waals surface area contributed by atoms with Gasteiger partial charge in [0.15, 0.2) is 0 Å². The normalized spacial score (nSPS) is 21.4. The summed E-state index contributed by atoms with van der Waals surface area (Å²) in [6, 6.07) is 6.48.